The third-order valence-corrected chi connectivity index (χ3v) is 5.89. The fraction of sp³-hybridized carbons (Fsp3) is 0.350. The number of fused-ring (bicyclic) bond motifs is 1. The van der Waals surface area contributed by atoms with Crippen LogP contribution in [0.15, 0.2) is 40.1 Å². The third kappa shape index (κ3) is 3.76. The van der Waals surface area contributed by atoms with Gasteiger partial charge in [0.15, 0.2) is 5.76 Å². The summed E-state index contributed by atoms with van der Waals surface area (Å²) in [6.45, 7) is 5.32. The molecule has 2 aromatic heterocycles. The summed E-state index contributed by atoms with van der Waals surface area (Å²) < 4.78 is 24.6. The van der Waals surface area contributed by atoms with Gasteiger partial charge >= 0.3 is 0 Å². The molecule has 1 saturated heterocycles. The van der Waals surface area contributed by atoms with Gasteiger partial charge in [-0.2, -0.15) is 0 Å². The van der Waals surface area contributed by atoms with Gasteiger partial charge in [0.25, 0.3) is 5.91 Å². The Labute approximate surface area is 160 Å². The molecule has 0 saturated carbocycles. The molecule has 142 valence electrons. The topological polar surface area (TPSA) is 54.7 Å². The van der Waals surface area contributed by atoms with Crippen molar-refractivity contribution in [3.63, 3.8) is 0 Å². The summed E-state index contributed by atoms with van der Waals surface area (Å²) in [5.74, 6) is -0.384. The van der Waals surface area contributed by atoms with Crippen molar-refractivity contribution in [3.05, 3.63) is 57.7 Å². The van der Waals surface area contributed by atoms with Crippen LogP contribution in [0.3, 0.4) is 0 Å². The highest BCUT2D eigenvalue weighted by atomic mass is 32.1. The van der Waals surface area contributed by atoms with Crippen LogP contribution < -0.4 is 5.32 Å². The summed E-state index contributed by atoms with van der Waals surface area (Å²) >= 11 is 1.68. The Morgan fingerprint density at radius 3 is 2.89 bits per heavy atom. The molecule has 7 heteroatoms. The van der Waals surface area contributed by atoms with Gasteiger partial charge in [-0.25, -0.2) is 4.39 Å². The van der Waals surface area contributed by atoms with E-state index in [1.165, 1.54) is 17.0 Å². The Kier molecular flexibility index (Phi) is 5.24. The standard InChI is InChI=1S/C20H21FN2O3S/c1-13-15-11-14(21)4-5-17(15)26-19(13)20(24)22-12-16(18-3-2-10-27-18)23-6-8-25-9-7-23/h2-5,10-11,16H,6-9,12H2,1H3,(H,22,24)/t16-/m1/s1. The predicted molar refractivity (Wildman–Crippen MR) is 103 cm³/mol. The molecule has 4 rings (SSSR count). The minimum atomic E-state index is -0.344. The van der Waals surface area contributed by atoms with Crippen LogP contribution in [0.4, 0.5) is 4.39 Å². The summed E-state index contributed by atoms with van der Waals surface area (Å²) in [4.78, 5) is 16.3. The van der Waals surface area contributed by atoms with E-state index >= 15 is 0 Å². The number of thiophene rings is 1. The average Bonchev–Trinajstić information content (AvgIpc) is 3.32. The Morgan fingerprint density at radius 2 is 2.15 bits per heavy atom. The lowest BCUT2D eigenvalue weighted by Crippen LogP contribution is -2.43. The maximum Gasteiger partial charge on any atom is 0.287 e. The van der Waals surface area contributed by atoms with E-state index in [0.717, 1.165) is 13.1 Å². The summed E-state index contributed by atoms with van der Waals surface area (Å²) in [7, 11) is 0. The van der Waals surface area contributed by atoms with Crippen LogP contribution in [0.2, 0.25) is 0 Å². The first-order valence-electron chi connectivity index (χ1n) is 8.95. The number of benzene rings is 1. The Bertz CT molecular complexity index is 932. The lowest BCUT2D eigenvalue weighted by molar-refractivity contribution is 0.0168. The lowest BCUT2D eigenvalue weighted by atomic mass is 10.1. The number of hydrogen-bond donors (Lipinski definition) is 1. The van der Waals surface area contributed by atoms with Crippen molar-refractivity contribution in [1.82, 2.24) is 10.2 Å². The van der Waals surface area contributed by atoms with Gasteiger partial charge in [0.05, 0.1) is 19.3 Å². The van der Waals surface area contributed by atoms with Crippen LogP contribution in [0.1, 0.15) is 27.0 Å². The van der Waals surface area contributed by atoms with Crippen molar-refractivity contribution < 1.29 is 18.3 Å². The molecule has 1 aliphatic heterocycles. The summed E-state index contributed by atoms with van der Waals surface area (Å²) in [5.41, 5.74) is 1.17. The van der Waals surface area contributed by atoms with E-state index in [1.807, 2.05) is 11.4 Å². The van der Waals surface area contributed by atoms with Gasteiger partial charge < -0.3 is 14.5 Å². The zero-order chi connectivity index (χ0) is 18.8. The van der Waals surface area contributed by atoms with E-state index in [0.29, 0.717) is 36.3 Å². The molecule has 1 aliphatic rings. The van der Waals surface area contributed by atoms with Crippen molar-refractivity contribution in [1.29, 1.82) is 0 Å². The van der Waals surface area contributed by atoms with Gasteiger partial charge in [0.2, 0.25) is 0 Å². The lowest BCUT2D eigenvalue weighted by Gasteiger charge is -2.34. The number of nitrogens with one attached hydrogen (secondary N) is 1. The number of nitrogens with zero attached hydrogens (tertiary/aromatic N) is 1. The second-order valence-electron chi connectivity index (χ2n) is 6.59. The quantitative estimate of drug-likeness (QED) is 0.723. The molecule has 5 nitrogen and oxygen atoms in total. The third-order valence-electron chi connectivity index (χ3n) is 4.92. The molecule has 1 amide bonds. The molecule has 0 radical (unpaired) electrons. The Balaban J connectivity index is 1.52. The minimum absolute atomic E-state index is 0.0972. The number of furan rings is 1. The van der Waals surface area contributed by atoms with E-state index in [1.54, 1.807) is 24.3 Å². The average molecular weight is 388 g/mol. The maximum absolute atomic E-state index is 13.5. The number of carbonyl (C=O) groups is 1. The van der Waals surface area contributed by atoms with Gasteiger partial charge in [0.1, 0.15) is 11.4 Å². The zero-order valence-electron chi connectivity index (χ0n) is 15.0. The number of halogens is 1. The number of rotatable bonds is 5. The number of carbonyl (C=O) groups excluding carboxylic acids is 1. The molecule has 27 heavy (non-hydrogen) atoms. The number of aryl methyl sites for hydroxylation is 1. The van der Waals surface area contributed by atoms with Crippen LogP contribution in [0, 0.1) is 12.7 Å². The van der Waals surface area contributed by atoms with Gasteiger partial charge in [-0.15, -0.1) is 11.3 Å². The second kappa shape index (κ2) is 7.80. The molecule has 0 spiro atoms. The maximum atomic E-state index is 13.5. The van der Waals surface area contributed by atoms with Crippen LogP contribution in [-0.4, -0.2) is 43.7 Å². The molecule has 1 fully saturated rings. The first kappa shape index (κ1) is 18.2. The molecule has 1 N–H and O–H groups in total. The number of amides is 1. The predicted octanol–water partition coefficient (Wildman–Crippen LogP) is 3.75. The molecular weight excluding hydrogens is 367 g/mol. The van der Waals surface area contributed by atoms with Crippen LogP contribution >= 0.6 is 11.3 Å². The molecule has 3 heterocycles. The number of morpholine rings is 1. The summed E-state index contributed by atoms with van der Waals surface area (Å²) in [6, 6.07) is 8.49. The first-order valence-corrected chi connectivity index (χ1v) is 9.83. The fourth-order valence-electron chi connectivity index (χ4n) is 3.46. The van der Waals surface area contributed by atoms with E-state index in [4.69, 9.17) is 9.15 Å². The van der Waals surface area contributed by atoms with E-state index in [2.05, 4.69) is 16.3 Å². The second-order valence-corrected chi connectivity index (χ2v) is 7.57. The largest absolute Gasteiger partial charge is 0.451 e. The van der Waals surface area contributed by atoms with Gasteiger partial charge in [0, 0.05) is 35.5 Å². The monoisotopic (exact) mass is 388 g/mol. The van der Waals surface area contributed by atoms with Crippen LogP contribution in [-0.2, 0) is 4.74 Å². The van der Waals surface area contributed by atoms with E-state index in [9.17, 15) is 9.18 Å². The van der Waals surface area contributed by atoms with Crippen molar-refractivity contribution in [2.24, 2.45) is 0 Å². The molecule has 1 atom stereocenters. The summed E-state index contributed by atoms with van der Waals surface area (Å²) in [5, 5.41) is 5.67. The first-order chi connectivity index (χ1) is 13.1. The highest BCUT2D eigenvalue weighted by Crippen LogP contribution is 2.28. The molecule has 1 aromatic carbocycles. The smallest absolute Gasteiger partial charge is 0.287 e. The molecule has 0 aliphatic carbocycles. The molecular formula is C20H21FN2O3S. The van der Waals surface area contributed by atoms with Gasteiger partial charge in [-0.1, -0.05) is 6.07 Å². The van der Waals surface area contributed by atoms with Crippen LogP contribution in [0.25, 0.3) is 11.0 Å². The van der Waals surface area contributed by atoms with Crippen molar-refractivity contribution >= 4 is 28.2 Å². The fourth-order valence-corrected chi connectivity index (χ4v) is 4.32. The normalized spacial score (nSPS) is 16.5. The van der Waals surface area contributed by atoms with Gasteiger partial charge in [-0.05, 0) is 36.6 Å². The summed E-state index contributed by atoms with van der Waals surface area (Å²) in [6.07, 6.45) is 0. The van der Waals surface area contributed by atoms with Crippen molar-refractivity contribution in [2.45, 2.75) is 13.0 Å². The zero-order valence-corrected chi connectivity index (χ0v) is 15.9. The minimum Gasteiger partial charge on any atom is -0.451 e. The molecule has 3 aromatic rings. The Hall–Kier alpha value is -2.22. The van der Waals surface area contributed by atoms with E-state index in [-0.39, 0.29) is 23.5 Å². The highest BCUT2D eigenvalue weighted by molar-refractivity contribution is 7.10. The van der Waals surface area contributed by atoms with E-state index < -0.39 is 0 Å². The Morgan fingerprint density at radius 1 is 1.33 bits per heavy atom. The molecule has 0 unspecified atom stereocenters. The molecule has 0 bridgehead atoms. The van der Waals surface area contributed by atoms with Crippen molar-refractivity contribution in [3.8, 4) is 0 Å². The van der Waals surface area contributed by atoms with Crippen molar-refractivity contribution in [2.75, 3.05) is 32.8 Å². The van der Waals surface area contributed by atoms with Crippen LogP contribution in [0.5, 0.6) is 0 Å². The number of ether oxygens (including phenoxy) is 1. The number of hydrogen-bond acceptors (Lipinski definition) is 5. The highest BCUT2D eigenvalue weighted by Gasteiger charge is 2.25. The SMILES string of the molecule is Cc1c(C(=O)NC[C@H](c2cccs2)N2CCOCC2)oc2ccc(F)cc12. The van der Waals surface area contributed by atoms with Gasteiger partial charge in [-0.3, -0.25) is 9.69 Å².